The van der Waals surface area contributed by atoms with Crippen LogP contribution in [0.2, 0.25) is 0 Å². The summed E-state index contributed by atoms with van der Waals surface area (Å²) < 4.78 is 5.84. The Kier molecular flexibility index (Phi) is 3.37. The van der Waals surface area contributed by atoms with E-state index in [4.69, 9.17) is 15.7 Å². The van der Waals surface area contributed by atoms with Gasteiger partial charge in [-0.3, -0.25) is 0 Å². The van der Waals surface area contributed by atoms with E-state index >= 15 is 0 Å². The highest BCUT2D eigenvalue weighted by Gasteiger charge is 2.28. The molecule has 2 atom stereocenters. The predicted molar refractivity (Wildman–Crippen MR) is 59.8 cm³/mol. The van der Waals surface area contributed by atoms with Crippen LogP contribution in [0, 0.1) is 17.2 Å². The van der Waals surface area contributed by atoms with Crippen LogP contribution >= 0.6 is 0 Å². The molecule has 0 radical (unpaired) electrons. The van der Waals surface area contributed by atoms with Crippen molar-refractivity contribution in [3.63, 3.8) is 0 Å². The van der Waals surface area contributed by atoms with Crippen molar-refractivity contribution in [1.29, 1.82) is 5.26 Å². The molecule has 1 aliphatic rings. The number of hydrogen-bond donors (Lipinski definition) is 1. The van der Waals surface area contributed by atoms with Gasteiger partial charge in [-0.2, -0.15) is 5.26 Å². The van der Waals surface area contributed by atoms with Crippen molar-refractivity contribution in [2.45, 2.75) is 25.4 Å². The van der Waals surface area contributed by atoms with Crippen LogP contribution in [-0.2, 0) is 0 Å². The highest BCUT2D eigenvalue weighted by Crippen LogP contribution is 2.29. The van der Waals surface area contributed by atoms with E-state index < -0.39 is 0 Å². The van der Waals surface area contributed by atoms with E-state index in [2.05, 4.69) is 4.98 Å². The third-order valence-electron chi connectivity index (χ3n) is 3.05. The fraction of sp³-hybridized carbons (Fsp3) is 0.500. The molecule has 84 valence electrons. The standard InChI is InChI=1S/C12H15N3O/c13-7-9-3-1-4-11(9)16-12-5-2-6-15-10(12)8-14/h2,5-6,9,11H,1,3-4,7,13H2. The Morgan fingerprint density at radius 1 is 1.56 bits per heavy atom. The first-order valence-corrected chi connectivity index (χ1v) is 5.57. The molecule has 1 aromatic rings. The van der Waals surface area contributed by atoms with Gasteiger partial charge in [0.05, 0.1) is 0 Å². The number of nitrogens with zero attached hydrogens (tertiary/aromatic N) is 2. The van der Waals surface area contributed by atoms with Gasteiger partial charge in [-0.15, -0.1) is 0 Å². The molecule has 2 unspecified atom stereocenters. The summed E-state index contributed by atoms with van der Waals surface area (Å²) in [7, 11) is 0. The van der Waals surface area contributed by atoms with Crippen LogP contribution < -0.4 is 10.5 Å². The average Bonchev–Trinajstić information content (AvgIpc) is 2.77. The zero-order valence-electron chi connectivity index (χ0n) is 9.10. The molecule has 4 heteroatoms. The minimum absolute atomic E-state index is 0.140. The Hall–Kier alpha value is -1.60. The van der Waals surface area contributed by atoms with Crippen molar-refractivity contribution in [2.75, 3.05) is 6.54 Å². The summed E-state index contributed by atoms with van der Waals surface area (Å²) in [6, 6.07) is 5.60. The molecule has 1 aliphatic carbocycles. The number of pyridine rings is 1. The molecule has 2 N–H and O–H groups in total. The van der Waals surface area contributed by atoms with Crippen LogP contribution in [0.3, 0.4) is 0 Å². The maximum absolute atomic E-state index is 8.90. The van der Waals surface area contributed by atoms with Crippen LogP contribution in [0.4, 0.5) is 0 Å². The monoisotopic (exact) mass is 217 g/mol. The van der Waals surface area contributed by atoms with Gasteiger partial charge in [-0.05, 0) is 37.9 Å². The second kappa shape index (κ2) is 4.95. The molecule has 16 heavy (non-hydrogen) atoms. The van der Waals surface area contributed by atoms with E-state index in [0.29, 0.717) is 23.9 Å². The molecule has 1 heterocycles. The third kappa shape index (κ3) is 2.15. The van der Waals surface area contributed by atoms with E-state index in [1.165, 1.54) is 0 Å². The molecule has 1 saturated carbocycles. The fourth-order valence-corrected chi connectivity index (χ4v) is 2.16. The summed E-state index contributed by atoms with van der Waals surface area (Å²) in [5.74, 6) is 0.988. The van der Waals surface area contributed by atoms with Crippen molar-refractivity contribution in [2.24, 2.45) is 11.7 Å². The molecule has 1 aromatic heterocycles. The second-order valence-corrected chi connectivity index (χ2v) is 4.04. The quantitative estimate of drug-likeness (QED) is 0.832. The predicted octanol–water partition coefficient (Wildman–Crippen LogP) is 1.46. The summed E-state index contributed by atoms with van der Waals surface area (Å²) in [6.45, 7) is 0.646. The van der Waals surface area contributed by atoms with Crippen molar-refractivity contribution in [1.82, 2.24) is 4.98 Å². The Labute approximate surface area is 95.0 Å². The molecule has 0 saturated heterocycles. The number of nitriles is 1. The molecule has 0 aromatic carbocycles. The number of ether oxygens (including phenoxy) is 1. The first kappa shape index (κ1) is 10.9. The first-order chi connectivity index (χ1) is 7.85. The molecule has 0 amide bonds. The van der Waals surface area contributed by atoms with Crippen molar-refractivity contribution in [3.8, 4) is 11.8 Å². The normalized spacial score (nSPS) is 24.0. The van der Waals surface area contributed by atoms with Crippen LogP contribution in [0.5, 0.6) is 5.75 Å². The Morgan fingerprint density at radius 3 is 3.19 bits per heavy atom. The van der Waals surface area contributed by atoms with E-state index in [0.717, 1.165) is 19.3 Å². The average molecular weight is 217 g/mol. The molecule has 0 spiro atoms. The van der Waals surface area contributed by atoms with Crippen LogP contribution in [0.25, 0.3) is 0 Å². The minimum atomic E-state index is 0.140. The van der Waals surface area contributed by atoms with Gasteiger partial charge in [0.1, 0.15) is 12.2 Å². The summed E-state index contributed by atoms with van der Waals surface area (Å²) >= 11 is 0. The highest BCUT2D eigenvalue weighted by atomic mass is 16.5. The summed E-state index contributed by atoms with van der Waals surface area (Å²) in [5, 5.41) is 8.90. The van der Waals surface area contributed by atoms with Gasteiger partial charge in [0, 0.05) is 12.1 Å². The molecular weight excluding hydrogens is 202 g/mol. The lowest BCUT2D eigenvalue weighted by Gasteiger charge is -2.19. The van der Waals surface area contributed by atoms with E-state index in [9.17, 15) is 0 Å². The molecular formula is C12H15N3O. The summed E-state index contributed by atoms with van der Waals surface area (Å²) in [6.07, 6.45) is 5.02. The number of nitrogens with two attached hydrogens (primary N) is 1. The molecule has 0 aliphatic heterocycles. The summed E-state index contributed by atoms with van der Waals surface area (Å²) in [5.41, 5.74) is 6.04. The Bertz CT molecular complexity index is 399. The minimum Gasteiger partial charge on any atom is -0.487 e. The van der Waals surface area contributed by atoms with Gasteiger partial charge in [0.25, 0.3) is 0 Å². The molecule has 1 fully saturated rings. The Morgan fingerprint density at radius 2 is 2.44 bits per heavy atom. The van der Waals surface area contributed by atoms with E-state index in [1.54, 1.807) is 18.3 Å². The zero-order chi connectivity index (χ0) is 11.4. The van der Waals surface area contributed by atoms with Crippen LogP contribution in [0.1, 0.15) is 25.0 Å². The lowest BCUT2D eigenvalue weighted by molar-refractivity contribution is 0.161. The maximum Gasteiger partial charge on any atom is 0.182 e. The van der Waals surface area contributed by atoms with Gasteiger partial charge in [-0.1, -0.05) is 0 Å². The van der Waals surface area contributed by atoms with Crippen molar-refractivity contribution >= 4 is 0 Å². The van der Waals surface area contributed by atoms with Crippen LogP contribution in [0.15, 0.2) is 18.3 Å². The van der Waals surface area contributed by atoms with E-state index in [1.807, 2.05) is 6.07 Å². The van der Waals surface area contributed by atoms with Gasteiger partial charge in [0.15, 0.2) is 11.4 Å². The molecule has 2 rings (SSSR count). The third-order valence-corrected chi connectivity index (χ3v) is 3.05. The molecule has 0 bridgehead atoms. The molecule has 4 nitrogen and oxygen atoms in total. The topological polar surface area (TPSA) is 71.9 Å². The maximum atomic E-state index is 8.90. The Balaban J connectivity index is 2.12. The van der Waals surface area contributed by atoms with E-state index in [-0.39, 0.29) is 6.10 Å². The number of rotatable bonds is 3. The van der Waals surface area contributed by atoms with Crippen LogP contribution in [-0.4, -0.2) is 17.6 Å². The zero-order valence-corrected chi connectivity index (χ0v) is 9.10. The van der Waals surface area contributed by atoms with Gasteiger partial charge in [-0.25, -0.2) is 4.98 Å². The SMILES string of the molecule is N#Cc1ncccc1OC1CCCC1CN. The van der Waals surface area contributed by atoms with Gasteiger partial charge in [0.2, 0.25) is 0 Å². The highest BCUT2D eigenvalue weighted by molar-refractivity contribution is 5.36. The van der Waals surface area contributed by atoms with Crippen molar-refractivity contribution in [3.05, 3.63) is 24.0 Å². The largest absolute Gasteiger partial charge is 0.487 e. The second-order valence-electron chi connectivity index (χ2n) is 4.04. The van der Waals surface area contributed by atoms with Gasteiger partial charge >= 0.3 is 0 Å². The number of hydrogen-bond acceptors (Lipinski definition) is 4. The first-order valence-electron chi connectivity index (χ1n) is 5.57. The fourth-order valence-electron chi connectivity index (χ4n) is 2.16. The lowest BCUT2D eigenvalue weighted by Crippen LogP contribution is -2.27. The van der Waals surface area contributed by atoms with Crippen molar-refractivity contribution < 1.29 is 4.74 Å². The summed E-state index contributed by atoms with van der Waals surface area (Å²) in [4.78, 5) is 3.97. The lowest BCUT2D eigenvalue weighted by atomic mass is 10.1. The number of aromatic nitrogens is 1. The van der Waals surface area contributed by atoms with Gasteiger partial charge < -0.3 is 10.5 Å². The smallest absolute Gasteiger partial charge is 0.182 e.